The Labute approximate surface area is 110 Å². The van der Waals surface area contributed by atoms with Crippen LogP contribution in [0, 0.1) is 15.9 Å². The first-order valence-electron chi connectivity index (χ1n) is 5.62. The number of anilines is 1. The highest BCUT2D eigenvalue weighted by molar-refractivity contribution is 5.54. The number of benzene rings is 1. The van der Waals surface area contributed by atoms with Crippen molar-refractivity contribution in [2.75, 3.05) is 11.5 Å². The Morgan fingerprint density at radius 2 is 2.10 bits per heavy atom. The van der Waals surface area contributed by atoms with E-state index in [0.717, 1.165) is 17.0 Å². The van der Waals surface area contributed by atoms with Gasteiger partial charge in [0, 0.05) is 6.07 Å². The summed E-state index contributed by atoms with van der Waals surface area (Å²) in [6.45, 7) is 1.24. The normalized spacial score (nSPS) is 23.1. The second-order valence-electron chi connectivity index (χ2n) is 4.38. The number of ether oxygens (including phenoxy) is 1. The molecule has 0 amide bonds. The molecule has 1 aromatic rings. The summed E-state index contributed by atoms with van der Waals surface area (Å²) in [6, 6.07) is 1.81. The Balaban J connectivity index is 2.41. The van der Waals surface area contributed by atoms with Crippen molar-refractivity contribution in [1.82, 2.24) is 0 Å². The number of nitro benzene ring substituents is 1. The van der Waals surface area contributed by atoms with Gasteiger partial charge < -0.3 is 9.64 Å². The van der Waals surface area contributed by atoms with Gasteiger partial charge in [0.2, 0.25) is 6.23 Å². The fourth-order valence-electron chi connectivity index (χ4n) is 2.06. The minimum absolute atomic E-state index is 0.208. The molecule has 0 N–H and O–H groups in total. The van der Waals surface area contributed by atoms with Crippen molar-refractivity contribution in [3.8, 4) is 0 Å². The fraction of sp³-hybridized carbons (Fsp3) is 0.455. The number of nitrogens with zero attached hydrogens (tertiary/aromatic N) is 2. The fourth-order valence-corrected chi connectivity index (χ4v) is 2.06. The topological polar surface area (TPSA) is 55.6 Å². The van der Waals surface area contributed by atoms with Gasteiger partial charge in [-0.2, -0.15) is 13.2 Å². The van der Waals surface area contributed by atoms with Gasteiger partial charge in [-0.25, -0.2) is 4.39 Å². The van der Waals surface area contributed by atoms with Crippen LogP contribution < -0.4 is 4.90 Å². The first-order valence-corrected chi connectivity index (χ1v) is 5.62. The predicted molar refractivity (Wildman–Crippen MR) is 60.8 cm³/mol. The molecule has 20 heavy (non-hydrogen) atoms. The van der Waals surface area contributed by atoms with E-state index in [1.54, 1.807) is 0 Å². The van der Waals surface area contributed by atoms with E-state index in [1.165, 1.54) is 6.92 Å². The summed E-state index contributed by atoms with van der Waals surface area (Å²) in [5, 5.41) is 10.5. The van der Waals surface area contributed by atoms with Crippen LogP contribution in [0.1, 0.15) is 6.92 Å². The highest BCUT2D eigenvalue weighted by atomic mass is 19.4. The summed E-state index contributed by atoms with van der Waals surface area (Å²) in [5.41, 5.74) is -0.898. The van der Waals surface area contributed by atoms with E-state index in [2.05, 4.69) is 4.74 Å². The average Bonchev–Trinajstić information content (AvgIpc) is 2.70. The Bertz CT molecular complexity index is 535. The van der Waals surface area contributed by atoms with Crippen LogP contribution in [0.5, 0.6) is 0 Å². The lowest BCUT2D eigenvalue weighted by atomic mass is 10.2. The molecular formula is C11H10F4N2O3. The van der Waals surface area contributed by atoms with E-state index in [4.69, 9.17) is 0 Å². The van der Waals surface area contributed by atoms with Crippen LogP contribution >= 0.6 is 0 Å². The minimum atomic E-state index is -4.68. The first-order chi connectivity index (χ1) is 9.21. The molecule has 2 atom stereocenters. The molecule has 0 unspecified atom stereocenters. The number of rotatable bonds is 2. The molecule has 0 aliphatic carbocycles. The van der Waals surface area contributed by atoms with Gasteiger partial charge in [0.15, 0.2) is 5.82 Å². The molecule has 0 radical (unpaired) electrons. The molecule has 9 heteroatoms. The van der Waals surface area contributed by atoms with Crippen LogP contribution in [0.15, 0.2) is 18.2 Å². The quantitative estimate of drug-likeness (QED) is 0.478. The summed E-state index contributed by atoms with van der Waals surface area (Å²) >= 11 is 0. The molecule has 1 heterocycles. The van der Waals surface area contributed by atoms with Gasteiger partial charge in [-0.15, -0.1) is 0 Å². The number of alkyl halides is 3. The molecule has 0 saturated carbocycles. The highest BCUT2D eigenvalue weighted by Gasteiger charge is 2.50. The maximum absolute atomic E-state index is 13.8. The third-order valence-corrected chi connectivity index (χ3v) is 2.92. The van der Waals surface area contributed by atoms with Crippen LogP contribution in [0.4, 0.5) is 28.9 Å². The molecule has 1 aliphatic heterocycles. The van der Waals surface area contributed by atoms with Gasteiger partial charge in [-0.1, -0.05) is 0 Å². The zero-order valence-electron chi connectivity index (χ0n) is 10.2. The molecule has 0 bridgehead atoms. The van der Waals surface area contributed by atoms with Crippen molar-refractivity contribution in [1.29, 1.82) is 0 Å². The molecule has 0 spiro atoms. The van der Waals surface area contributed by atoms with Crippen molar-refractivity contribution in [2.24, 2.45) is 0 Å². The van der Waals surface area contributed by atoms with Gasteiger partial charge in [-0.3, -0.25) is 10.1 Å². The summed E-state index contributed by atoms with van der Waals surface area (Å²) in [7, 11) is 0. The second-order valence-corrected chi connectivity index (χ2v) is 4.38. The van der Waals surface area contributed by atoms with E-state index in [-0.39, 0.29) is 12.3 Å². The molecule has 1 saturated heterocycles. The number of hydrogen-bond donors (Lipinski definition) is 0. The largest absolute Gasteiger partial charge is 0.433 e. The third kappa shape index (κ3) is 2.53. The van der Waals surface area contributed by atoms with E-state index >= 15 is 0 Å². The average molecular weight is 294 g/mol. The van der Waals surface area contributed by atoms with Crippen molar-refractivity contribution < 1.29 is 27.2 Å². The summed E-state index contributed by atoms with van der Waals surface area (Å²) < 4.78 is 56.9. The minimum Gasteiger partial charge on any atom is -0.348 e. The summed E-state index contributed by atoms with van der Waals surface area (Å²) in [5.74, 6) is -1.09. The molecular weight excluding hydrogens is 284 g/mol. The van der Waals surface area contributed by atoms with E-state index in [9.17, 15) is 27.7 Å². The van der Waals surface area contributed by atoms with Crippen LogP contribution in [0.2, 0.25) is 0 Å². The first kappa shape index (κ1) is 14.5. The monoisotopic (exact) mass is 294 g/mol. The van der Waals surface area contributed by atoms with Crippen molar-refractivity contribution >= 4 is 11.4 Å². The Kier molecular flexibility index (Phi) is 3.55. The van der Waals surface area contributed by atoms with Gasteiger partial charge >= 0.3 is 6.18 Å². The number of halogens is 4. The standard InChI is InChI=1S/C11H10F4N2O3/c1-6-5-20-10(11(13,14)15)16(6)9-3-2-7(17(18)19)4-8(9)12/h2-4,6,10H,5H2,1H3/t6-,10-/m0/s1. The smallest absolute Gasteiger partial charge is 0.348 e. The second kappa shape index (κ2) is 4.89. The maximum Gasteiger partial charge on any atom is 0.433 e. The lowest BCUT2D eigenvalue weighted by Crippen LogP contribution is -2.45. The summed E-state index contributed by atoms with van der Waals surface area (Å²) in [6.07, 6.45) is -6.94. The SMILES string of the molecule is C[C@H]1CO[C@@H](C(F)(F)F)N1c1ccc([N+](=O)[O-])cc1F. The molecule has 5 nitrogen and oxygen atoms in total. The predicted octanol–water partition coefficient (Wildman–Crippen LogP) is 2.85. The Morgan fingerprint density at radius 1 is 1.45 bits per heavy atom. The van der Waals surface area contributed by atoms with E-state index in [1.807, 2.05) is 0 Å². The van der Waals surface area contributed by atoms with Crippen molar-refractivity contribution in [3.05, 3.63) is 34.1 Å². The Morgan fingerprint density at radius 3 is 2.60 bits per heavy atom. The molecule has 110 valence electrons. The van der Waals surface area contributed by atoms with Gasteiger partial charge in [-0.05, 0) is 13.0 Å². The molecule has 1 aliphatic rings. The highest BCUT2D eigenvalue weighted by Crippen LogP contribution is 2.37. The third-order valence-electron chi connectivity index (χ3n) is 2.92. The van der Waals surface area contributed by atoms with Gasteiger partial charge in [0.1, 0.15) is 0 Å². The van der Waals surface area contributed by atoms with Crippen molar-refractivity contribution in [3.63, 3.8) is 0 Å². The van der Waals surface area contributed by atoms with Gasteiger partial charge in [0.25, 0.3) is 5.69 Å². The van der Waals surface area contributed by atoms with Crippen LogP contribution in [-0.4, -0.2) is 30.0 Å². The van der Waals surface area contributed by atoms with Gasteiger partial charge in [0.05, 0.1) is 29.3 Å². The number of hydrogen-bond acceptors (Lipinski definition) is 4. The molecule has 1 aromatic carbocycles. The van der Waals surface area contributed by atoms with Crippen LogP contribution in [0.25, 0.3) is 0 Å². The lowest BCUT2D eigenvalue weighted by molar-refractivity contribution is -0.385. The van der Waals surface area contributed by atoms with Crippen LogP contribution in [-0.2, 0) is 4.74 Å². The van der Waals surface area contributed by atoms with Crippen LogP contribution in [0.3, 0.4) is 0 Å². The number of non-ortho nitro benzene ring substituents is 1. The number of nitro groups is 1. The molecule has 2 rings (SSSR count). The van der Waals surface area contributed by atoms with E-state index < -0.39 is 34.9 Å². The van der Waals surface area contributed by atoms with Crippen molar-refractivity contribution in [2.45, 2.75) is 25.4 Å². The Hall–Kier alpha value is -1.90. The molecule has 0 aromatic heterocycles. The molecule has 1 fully saturated rings. The zero-order chi connectivity index (χ0) is 15.1. The van der Waals surface area contributed by atoms with E-state index in [0.29, 0.717) is 6.07 Å². The lowest BCUT2D eigenvalue weighted by Gasteiger charge is -2.29. The summed E-state index contributed by atoms with van der Waals surface area (Å²) in [4.78, 5) is 10.4. The maximum atomic E-state index is 13.8. The zero-order valence-corrected chi connectivity index (χ0v) is 10.2.